The fraction of sp³-hybridized carbons (Fsp3) is 0.190. The molecule has 2 heterocycles. The molecule has 2 N–H and O–H groups in total. The summed E-state index contributed by atoms with van der Waals surface area (Å²) in [4.78, 5) is 11.0. The Hall–Kier alpha value is -2.70. The monoisotopic (exact) mass is 409 g/mol. The van der Waals surface area contributed by atoms with E-state index >= 15 is 0 Å². The molecule has 0 atom stereocenters. The van der Waals surface area contributed by atoms with Gasteiger partial charge >= 0.3 is 0 Å². The van der Waals surface area contributed by atoms with Gasteiger partial charge in [0, 0.05) is 25.7 Å². The molecular weight excluding hydrogens is 390 g/mol. The molecule has 5 nitrogen and oxygen atoms in total. The van der Waals surface area contributed by atoms with Crippen molar-refractivity contribution in [2.45, 2.75) is 26.6 Å². The second-order valence-electron chi connectivity index (χ2n) is 6.79. The lowest BCUT2D eigenvalue weighted by Gasteiger charge is -2.18. The van der Waals surface area contributed by atoms with Gasteiger partial charge in [-0.2, -0.15) is 4.98 Å². The molecule has 0 aliphatic carbocycles. The molecule has 0 saturated carbocycles. The Bertz CT molecular complexity index is 981. The Morgan fingerprint density at radius 3 is 2.43 bits per heavy atom. The molecule has 0 unspecified atom stereocenters. The normalized spacial score (nSPS) is 12.6. The van der Waals surface area contributed by atoms with Crippen molar-refractivity contribution in [2.24, 2.45) is 0 Å². The van der Waals surface area contributed by atoms with Crippen LogP contribution in [-0.2, 0) is 19.6 Å². The van der Waals surface area contributed by atoms with Gasteiger partial charge in [-0.3, -0.25) is 0 Å². The molecule has 142 valence electrons. The minimum Gasteiger partial charge on any atom is -0.358 e. The Kier molecular flexibility index (Phi) is 5.41. The average Bonchev–Trinajstić information content (AvgIpc) is 3.11. The Morgan fingerprint density at radius 2 is 1.75 bits per heavy atom. The minimum absolute atomic E-state index is 0.379. The largest absolute Gasteiger partial charge is 0.358 e. The number of hydrogen-bond acceptors (Lipinski definition) is 4. The SMILES string of the molecule is Cc1ccc(CNC(=S)Nc2nc(Cl)cc(N3Cc4ccccc4C3)n2)cc1. The van der Waals surface area contributed by atoms with Gasteiger partial charge in [-0.15, -0.1) is 0 Å². The van der Waals surface area contributed by atoms with E-state index in [9.17, 15) is 0 Å². The van der Waals surface area contributed by atoms with Crippen LogP contribution in [0.25, 0.3) is 0 Å². The third-order valence-electron chi connectivity index (χ3n) is 4.65. The van der Waals surface area contributed by atoms with Crippen molar-refractivity contribution in [2.75, 3.05) is 10.2 Å². The maximum Gasteiger partial charge on any atom is 0.232 e. The topological polar surface area (TPSA) is 53.1 Å². The molecule has 0 bridgehead atoms. The summed E-state index contributed by atoms with van der Waals surface area (Å²) in [5.74, 6) is 1.17. The quantitative estimate of drug-likeness (QED) is 0.490. The van der Waals surface area contributed by atoms with Crippen molar-refractivity contribution >= 4 is 40.7 Å². The van der Waals surface area contributed by atoms with E-state index in [-0.39, 0.29) is 0 Å². The number of benzene rings is 2. The molecule has 1 aliphatic rings. The number of nitrogens with zero attached hydrogens (tertiary/aromatic N) is 3. The van der Waals surface area contributed by atoms with Crippen molar-refractivity contribution < 1.29 is 0 Å². The van der Waals surface area contributed by atoms with Crippen LogP contribution in [-0.4, -0.2) is 15.1 Å². The highest BCUT2D eigenvalue weighted by Crippen LogP contribution is 2.28. The molecule has 28 heavy (non-hydrogen) atoms. The number of aromatic nitrogens is 2. The average molecular weight is 410 g/mol. The molecule has 1 aromatic heterocycles. The predicted octanol–water partition coefficient (Wildman–Crippen LogP) is 4.45. The zero-order valence-corrected chi connectivity index (χ0v) is 17.0. The van der Waals surface area contributed by atoms with Crippen LogP contribution in [0.1, 0.15) is 22.3 Å². The Labute approximate surface area is 174 Å². The zero-order chi connectivity index (χ0) is 19.5. The number of halogens is 1. The van der Waals surface area contributed by atoms with Crippen LogP contribution in [0.2, 0.25) is 5.15 Å². The molecule has 4 rings (SSSR count). The first-order valence-corrected chi connectivity index (χ1v) is 9.82. The second kappa shape index (κ2) is 8.12. The minimum atomic E-state index is 0.379. The van der Waals surface area contributed by atoms with E-state index in [1.165, 1.54) is 16.7 Å². The Balaban J connectivity index is 1.41. The predicted molar refractivity (Wildman–Crippen MR) is 118 cm³/mol. The van der Waals surface area contributed by atoms with Crippen LogP contribution >= 0.6 is 23.8 Å². The number of rotatable bonds is 4. The lowest BCUT2D eigenvalue weighted by atomic mass is 10.1. The van der Waals surface area contributed by atoms with Crippen molar-refractivity contribution in [3.63, 3.8) is 0 Å². The lowest BCUT2D eigenvalue weighted by molar-refractivity contribution is 0.852. The van der Waals surface area contributed by atoms with Crippen LogP contribution in [0.3, 0.4) is 0 Å². The number of thiocarbonyl (C=S) groups is 1. The number of nitrogens with one attached hydrogen (secondary N) is 2. The molecular formula is C21H20ClN5S. The van der Waals surface area contributed by atoms with Gasteiger partial charge in [-0.1, -0.05) is 65.7 Å². The molecule has 2 aromatic carbocycles. The lowest BCUT2D eigenvalue weighted by Crippen LogP contribution is -2.29. The third-order valence-corrected chi connectivity index (χ3v) is 5.09. The first kappa shape index (κ1) is 18.7. The number of anilines is 2. The zero-order valence-electron chi connectivity index (χ0n) is 15.4. The van der Waals surface area contributed by atoms with Crippen molar-refractivity contribution in [1.29, 1.82) is 0 Å². The summed E-state index contributed by atoms with van der Waals surface area (Å²) in [7, 11) is 0. The summed E-state index contributed by atoms with van der Waals surface area (Å²) in [5.41, 5.74) is 5.00. The summed E-state index contributed by atoms with van der Waals surface area (Å²) in [6, 6.07) is 18.5. The second-order valence-corrected chi connectivity index (χ2v) is 7.59. The fourth-order valence-corrected chi connectivity index (χ4v) is 3.49. The summed E-state index contributed by atoms with van der Waals surface area (Å²) in [6.07, 6.45) is 0. The summed E-state index contributed by atoms with van der Waals surface area (Å²) < 4.78 is 0. The van der Waals surface area contributed by atoms with Crippen LogP contribution in [0.4, 0.5) is 11.8 Å². The summed E-state index contributed by atoms with van der Waals surface area (Å²) in [5, 5.41) is 7.05. The maximum atomic E-state index is 6.23. The van der Waals surface area contributed by atoms with Gasteiger partial charge in [0.05, 0.1) is 0 Å². The molecule has 1 aliphatic heterocycles. The van der Waals surface area contributed by atoms with Crippen LogP contribution in [0, 0.1) is 6.92 Å². The van der Waals surface area contributed by atoms with E-state index in [0.717, 1.165) is 24.5 Å². The standard InChI is InChI=1S/C21H20ClN5S/c1-14-6-8-15(9-7-14)11-23-21(28)26-20-24-18(22)10-19(25-20)27-12-16-4-2-3-5-17(16)13-27/h2-10H,11-13H2,1H3,(H2,23,24,25,26,28). The highest BCUT2D eigenvalue weighted by molar-refractivity contribution is 7.80. The number of aryl methyl sites for hydroxylation is 1. The van der Waals surface area contributed by atoms with E-state index in [1.54, 1.807) is 6.07 Å². The Morgan fingerprint density at radius 1 is 1.07 bits per heavy atom. The molecule has 7 heteroatoms. The van der Waals surface area contributed by atoms with Crippen LogP contribution < -0.4 is 15.5 Å². The van der Waals surface area contributed by atoms with Crippen LogP contribution in [0.15, 0.2) is 54.6 Å². The molecule has 0 radical (unpaired) electrons. The first-order valence-electron chi connectivity index (χ1n) is 9.03. The van der Waals surface area contributed by atoms with Crippen molar-refractivity contribution in [1.82, 2.24) is 15.3 Å². The smallest absolute Gasteiger partial charge is 0.232 e. The van der Waals surface area contributed by atoms with Crippen LogP contribution in [0.5, 0.6) is 0 Å². The maximum absolute atomic E-state index is 6.23. The summed E-state index contributed by atoms with van der Waals surface area (Å²) in [6.45, 7) is 4.30. The highest BCUT2D eigenvalue weighted by atomic mass is 35.5. The van der Waals surface area contributed by atoms with Gasteiger partial charge in [0.15, 0.2) is 5.11 Å². The van der Waals surface area contributed by atoms with Gasteiger partial charge in [0.2, 0.25) is 5.95 Å². The van der Waals surface area contributed by atoms with Gasteiger partial charge in [-0.05, 0) is 35.8 Å². The number of fused-ring (bicyclic) bond motifs is 1. The first-order chi connectivity index (χ1) is 13.6. The van der Waals surface area contributed by atoms with E-state index in [2.05, 4.69) is 81.0 Å². The van der Waals surface area contributed by atoms with E-state index in [4.69, 9.17) is 23.8 Å². The van der Waals surface area contributed by atoms with Gasteiger partial charge in [0.25, 0.3) is 0 Å². The van der Waals surface area contributed by atoms with Gasteiger partial charge in [-0.25, -0.2) is 4.98 Å². The molecule has 0 amide bonds. The van der Waals surface area contributed by atoms with Crippen molar-refractivity contribution in [3.8, 4) is 0 Å². The summed E-state index contributed by atoms with van der Waals surface area (Å²) >= 11 is 11.6. The van der Waals surface area contributed by atoms with Crippen molar-refractivity contribution in [3.05, 3.63) is 82.0 Å². The molecule has 0 fully saturated rings. The molecule has 0 spiro atoms. The highest BCUT2D eigenvalue weighted by Gasteiger charge is 2.20. The van der Waals surface area contributed by atoms with E-state index in [1.807, 2.05) is 0 Å². The number of hydrogen-bond donors (Lipinski definition) is 2. The molecule has 3 aromatic rings. The van der Waals surface area contributed by atoms with Gasteiger partial charge in [0.1, 0.15) is 11.0 Å². The fourth-order valence-electron chi connectivity index (χ4n) is 3.15. The van der Waals surface area contributed by atoms with E-state index < -0.39 is 0 Å². The van der Waals surface area contributed by atoms with Gasteiger partial charge < -0.3 is 15.5 Å². The third kappa shape index (κ3) is 4.40. The molecule has 0 saturated heterocycles. The van der Waals surface area contributed by atoms with E-state index in [0.29, 0.717) is 22.8 Å².